The number of aliphatic imine (C=N–C) groups is 1. The lowest BCUT2D eigenvalue weighted by Gasteiger charge is -2.11. The smallest absolute Gasteiger partial charge is 0.401 e. The van der Waals surface area contributed by atoms with Gasteiger partial charge in [0.1, 0.15) is 6.04 Å². The molecule has 18 heavy (non-hydrogen) atoms. The monoisotopic (exact) mass is 257 g/mol. The van der Waals surface area contributed by atoms with Gasteiger partial charge in [-0.2, -0.15) is 0 Å². The molecule has 7 heteroatoms. The predicted octanol–water partition coefficient (Wildman–Crippen LogP) is 1.38. The van der Waals surface area contributed by atoms with E-state index in [4.69, 9.17) is 0 Å². The maximum absolute atomic E-state index is 11.6. The van der Waals surface area contributed by atoms with Crippen molar-refractivity contribution < 1.29 is 14.8 Å². The highest BCUT2D eigenvalue weighted by Gasteiger charge is 2.25. The molecule has 0 radical (unpaired) electrons. The first kappa shape index (κ1) is 16.1. The summed E-state index contributed by atoms with van der Waals surface area (Å²) in [5.41, 5.74) is -0.0984. The third kappa shape index (κ3) is 4.15. The van der Waals surface area contributed by atoms with Gasteiger partial charge in [0.25, 0.3) is 5.91 Å². The molecule has 0 rings (SSSR count). The largest absolute Gasteiger partial charge is 0.501 e. The van der Waals surface area contributed by atoms with Gasteiger partial charge in [-0.25, -0.2) is 0 Å². The summed E-state index contributed by atoms with van der Waals surface area (Å²) in [5, 5.41) is 20.6. The van der Waals surface area contributed by atoms with Crippen molar-refractivity contribution >= 4 is 11.7 Å². The molecule has 0 spiro atoms. The van der Waals surface area contributed by atoms with Crippen LogP contribution in [0.1, 0.15) is 27.2 Å². The molecule has 0 saturated heterocycles. The average molecular weight is 257 g/mol. The maximum Gasteiger partial charge on any atom is 0.401 e. The van der Waals surface area contributed by atoms with Gasteiger partial charge in [0.2, 0.25) is 5.76 Å². The topological polar surface area (TPSA) is 96.0 Å². The second-order valence-corrected chi connectivity index (χ2v) is 4.14. The highest BCUT2D eigenvalue weighted by Crippen LogP contribution is 2.09. The van der Waals surface area contributed by atoms with Crippen LogP contribution in [0.5, 0.6) is 0 Å². The predicted molar refractivity (Wildman–Crippen MR) is 68.2 cm³/mol. The molecular weight excluding hydrogens is 238 g/mol. The SMILES string of the molecule is CCC(C)N=C(/C(O)=C(\C)C(=O)N(C)C)[N+](=O)[O-]. The Balaban J connectivity index is 5.52. The van der Waals surface area contributed by atoms with E-state index in [2.05, 4.69) is 4.99 Å². The van der Waals surface area contributed by atoms with E-state index in [0.29, 0.717) is 6.42 Å². The van der Waals surface area contributed by atoms with Crippen molar-refractivity contribution in [2.75, 3.05) is 14.1 Å². The van der Waals surface area contributed by atoms with Crippen molar-refractivity contribution in [1.82, 2.24) is 4.90 Å². The van der Waals surface area contributed by atoms with Crippen molar-refractivity contribution in [3.63, 3.8) is 0 Å². The fourth-order valence-corrected chi connectivity index (χ4v) is 1.10. The lowest BCUT2D eigenvalue weighted by atomic mass is 10.2. The summed E-state index contributed by atoms with van der Waals surface area (Å²) < 4.78 is 0. The Kier molecular flexibility index (Phi) is 6.01. The zero-order chi connectivity index (χ0) is 14.5. The van der Waals surface area contributed by atoms with E-state index in [0.717, 1.165) is 0 Å². The minimum Gasteiger partial charge on any atom is -0.501 e. The van der Waals surface area contributed by atoms with Crippen molar-refractivity contribution in [1.29, 1.82) is 0 Å². The van der Waals surface area contributed by atoms with Gasteiger partial charge in [0, 0.05) is 14.1 Å². The van der Waals surface area contributed by atoms with Crippen LogP contribution in [0.3, 0.4) is 0 Å². The minimum absolute atomic E-state index is 0.0984. The first-order valence-electron chi connectivity index (χ1n) is 5.56. The highest BCUT2D eigenvalue weighted by molar-refractivity contribution is 6.01. The lowest BCUT2D eigenvalue weighted by molar-refractivity contribution is -0.351. The van der Waals surface area contributed by atoms with Gasteiger partial charge in [0.05, 0.1) is 5.57 Å². The average Bonchev–Trinajstić information content (AvgIpc) is 2.32. The van der Waals surface area contributed by atoms with E-state index in [-0.39, 0.29) is 11.6 Å². The second-order valence-electron chi connectivity index (χ2n) is 4.14. The van der Waals surface area contributed by atoms with Crippen molar-refractivity contribution in [2.45, 2.75) is 33.2 Å². The molecule has 0 aliphatic carbocycles. The quantitative estimate of drug-likeness (QED) is 0.205. The molecule has 0 aliphatic rings. The van der Waals surface area contributed by atoms with E-state index in [9.17, 15) is 20.0 Å². The van der Waals surface area contributed by atoms with Gasteiger partial charge in [-0.15, -0.1) is 0 Å². The normalized spacial score (nSPS) is 14.8. The molecule has 102 valence electrons. The Morgan fingerprint density at radius 1 is 1.50 bits per heavy atom. The van der Waals surface area contributed by atoms with Gasteiger partial charge < -0.3 is 20.1 Å². The molecule has 7 nitrogen and oxygen atoms in total. The van der Waals surface area contributed by atoms with Crippen molar-refractivity contribution in [2.24, 2.45) is 4.99 Å². The van der Waals surface area contributed by atoms with Gasteiger partial charge in [-0.3, -0.25) is 4.79 Å². The number of carbonyl (C=O) groups is 1. The standard InChI is InChI=1S/C11H19N3O4/c1-6-7(2)12-10(14(17)18)9(15)8(3)11(16)13(4)5/h7,15H,6H2,1-5H3/b9-8-,12-10?. The maximum atomic E-state index is 11.6. The van der Waals surface area contributed by atoms with Crippen LogP contribution in [0.25, 0.3) is 0 Å². The van der Waals surface area contributed by atoms with Crippen molar-refractivity contribution in [3.05, 3.63) is 21.4 Å². The summed E-state index contributed by atoms with van der Waals surface area (Å²) in [5.74, 6) is -1.85. The van der Waals surface area contributed by atoms with Crippen LogP contribution in [-0.4, -0.2) is 46.8 Å². The van der Waals surface area contributed by atoms with Crippen LogP contribution in [0.15, 0.2) is 16.3 Å². The Morgan fingerprint density at radius 2 is 2.00 bits per heavy atom. The number of hydrogen-bond donors (Lipinski definition) is 1. The highest BCUT2D eigenvalue weighted by atomic mass is 16.6. The Morgan fingerprint density at radius 3 is 2.33 bits per heavy atom. The number of amides is 1. The summed E-state index contributed by atoms with van der Waals surface area (Å²) in [6.45, 7) is 4.84. The molecule has 0 heterocycles. The van der Waals surface area contributed by atoms with Gasteiger partial charge in [-0.05, 0) is 25.2 Å². The summed E-state index contributed by atoms with van der Waals surface area (Å²) in [7, 11) is 2.99. The summed E-state index contributed by atoms with van der Waals surface area (Å²) >= 11 is 0. The number of carbonyl (C=O) groups excluding carboxylic acids is 1. The molecular formula is C11H19N3O4. The first-order chi connectivity index (χ1) is 8.22. The zero-order valence-corrected chi connectivity index (χ0v) is 11.3. The van der Waals surface area contributed by atoms with Gasteiger partial charge in [-0.1, -0.05) is 11.9 Å². The second kappa shape index (κ2) is 6.73. The van der Waals surface area contributed by atoms with Gasteiger partial charge in [0.15, 0.2) is 0 Å². The minimum atomic E-state index is -0.784. The van der Waals surface area contributed by atoms with Crippen LogP contribution in [0.2, 0.25) is 0 Å². The van der Waals surface area contributed by atoms with E-state index >= 15 is 0 Å². The Bertz CT molecular complexity index is 399. The fourth-order valence-electron chi connectivity index (χ4n) is 1.10. The molecule has 0 bridgehead atoms. The molecule has 1 unspecified atom stereocenters. The number of amidine groups is 1. The van der Waals surface area contributed by atoms with Crippen LogP contribution in [-0.2, 0) is 4.79 Å². The van der Waals surface area contributed by atoms with Crippen LogP contribution in [0.4, 0.5) is 0 Å². The first-order valence-corrected chi connectivity index (χ1v) is 5.56. The van der Waals surface area contributed by atoms with Crippen LogP contribution >= 0.6 is 0 Å². The zero-order valence-electron chi connectivity index (χ0n) is 11.3. The fraction of sp³-hybridized carbons (Fsp3) is 0.636. The van der Waals surface area contributed by atoms with Gasteiger partial charge >= 0.3 is 5.84 Å². The van der Waals surface area contributed by atoms with E-state index in [1.807, 2.05) is 6.92 Å². The lowest BCUT2D eigenvalue weighted by Crippen LogP contribution is -2.27. The Labute approximate surface area is 106 Å². The van der Waals surface area contributed by atoms with Crippen LogP contribution in [0, 0.1) is 10.1 Å². The van der Waals surface area contributed by atoms with Crippen LogP contribution < -0.4 is 0 Å². The molecule has 1 N–H and O–H groups in total. The molecule has 0 aromatic carbocycles. The van der Waals surface area contributed by atoms with E-state index in [1.54, 1.807) is 6.92 Å². The molecule has 1 amide bonds. The number of rotatable bonds is 4. The Hall–Kier alpha value is -1.92. The summed E-state index contributed by atoms with van der Waals surface area (Å²) in [6.07, 6.45) is 0.602. The number of nitrogens with zero attached hydrogens (tertiary/aromatic N) is 3. The number of aliphatic hydroxyl groups is 1. The third-order valence-corrected chi connectivity index (χ3v) is 2.40. The number of likely N-dealkylation sites (N-methyl/N-ethyl adjacent to an activating group) is 1. The van der Waals surface area contributed by atoms with Crippen molar-refractivity contribution in [3.8, 4) is 0 Å². The molecule has 0 saturated carbocycles. The third-order valence-electron chi connectivity index (χ3n) is 2.40. The molecule has 0 aromatic heterocycles. The van der Waals surface area contributed by atoms with E-state index in [1.165, 1.54) is 25.9 Å². The number of nitro groups is 1. The number of aliphatic hydroxyl groups excluding tert-OH is 1. The molecule has 1 atom stereocenters. The van der Waals surface area contributed by atoms with E-state index < -0.39 is 22.4 Å². The summed E-state index contributed by atoms with van der Waals surface area (Å²) in [4.78, 5) is 26.7. The number of hydrogen-bond acceptors (Lipinski definition) is 5. The molecule has 0 aromatic rings. The summed E-state index contributed by atoms with van der Waals surface area (Å²) in [6, 6.07) is -0.296. The molecule has 0 fully saturated rings. The molecule has 0 aliphatic heterocycles.